The molecular formula is C17H15FN2O. The van der Waals surface area contributed by atoms with Gasteiger partial charge in [-0.15, -0.1) is 0 Å². The first-order valence-corrected chi connectivity index (χ1v) is 6.74. The number of ether oxygens (including phenoxy) is 1. The molecule has 0 aliphatic carbocycles. The Hall–Kier alpha value is -2.46. The van der Waals surface area contributed by atoms with E-state index < -0.39 is 6.10 Å². The fourth-order valence-electron chi connectivity index (χ4n) is 2.30. The number of hydrogen-bond acceptors (Lipinski definition) is 3. The number of fused-ring (bicyclic) bond motifs is 1. The van der Waals surface area contributed by atoms with Crippen LogP contribution < -0.4 is 10.5 Å². The molecule has 1 atom stereocenters. The second kappa shape index (κ2) is 5.89. The van der Waals surface area contributed by atoms with E-state index in [-0.39, 0.29) is 12.4 Å². The smallest absolute Gasteiger partial charge is 0.146 e. The minimum atomic E-state index is -0.543. The van der Waals surface area contributed by atoms with E-state index in [0.29, 0.717) is 11.3 Å². The van der Waals surface area contributed by atoms with Gasteiger partial charge in [-0.25, -0.2) is 4.39 Å². The number of aromatic nitrogens is 1. The molecule has 1 heterocycles. The molecule has 4 heteroatoms. The molecule has 1 aromatic heterocycles. The highest BCUT2D eigenvalue weighted by Crippen LogP contribution is 2.28. The van der Waals surface area contributed by atoms with Crippen LogP contribution in [-0.4, -0.2) is 11.5 Å². The Morgan fingerprint density at radius 1 is 1.05 bits per heavy atom. The van der Waals surface area contributed by atoms with E-state index in [0.717, 1.165) is 10.9 Å². The monoisotopic (exact) mass is 282 g/mol. The summed E-state index contributed by atoms with van der Waals surface area (Å²) in [6.07, 6.45) is 1.16. The van der Waals surface area contributed by atoms with Crippen LogP contribution >= 0.6 is 0 Å². The lowest BCUT2D eigenvalue weighted by molar-refractivity contribution is 0.211. The summed E-state index contributed by atoms with van der Waals surface area (Å²) in [5.74, 6) is 0.285. The van der Waals surface area contributed by atoms with E-state index in [1.165, 1.54) is 6.07 Å². The van der Waals surface area contributed by atoms with Gasteiger partial charge in [0.25, 0.3) is 0 Å². The van der Waals surface area contributed by atoms with Crippen molar-refractivity contribution in [3.63, 3.8) is 0 Å². The number of para-hydroxylation sites is 1. The van der Waals surface area contributed by atoms with E-state index in [4.69, 9.17) is 10.5 Å². The predicted molar refractivity (Wildman–Crippen MR) is 80.6 cm³/mol. The minimum absolute atomic E-state index is 0.185. The molecule has 0 radical (unpaired) electrons. The number of halogens is 1. The summed E-state index contributed by atoms with van der Waals surface area (Å²) in [5, 5.41) is 0.972. The zero-order chi connectivity index (χ0) is 14.7. The predicted octanol–water partition coefficient (Wildman–Crippen LogP) is 3.45. The van der Waals surface area contributed by atoms with Crippen LogP contribution in [0, 0.1) is 5.82 Å². The molecule has 0 amide bonds. The summed E-state index contributed by atoms with van der Waals surface area (Å²) in [6.45, 7) is 0.185. The summed E-state index contributed by atoms with van der Waals surface area (Å²) < 4.78 is 19.8. The van der Waals surface area contributed by atoms with Gasteiger partial charge in [-0.3, -0.25) is 4.98 Å². The minimum Gasteiger partial charge on any atom is -0.482 e. The van der Waals surface area contributed by atoms with Crippen molar-refractivity contribution in [3.05, 3.63) is 72.2 Å². The van der Waals surface area contributed by atoms with Crippen LogP contribution in [0.1, 0.15) is 11.7 Å². The van der Waals surface area contributed by atoms with E-state index in [1.54, 1.807) is 24.4 Å². The lowest BCUT2D eigenvalue weighted by Gasteiger charge is -2.19. The molecule has 3 aromatic rings. The Labute approximate surface area is 122 Å². The number of benzene rings is 2. The van der Waals surface area contributed by atoms with Crippen molar-refractivity contribution in [1.29, 1.82) is 0 Å². The van der Waals surface area contributed by atoms with Gasteiger partial charge in [0, 0.05) is 23.7 Å². The van der Waals surface area contributed by atoms with Crippen molar-refractivity contribution < 1.29 is 9.13 Å². The molecule has 0 saturated heterocycles. The molecule has 0 bridgehead atoms. The largest absolute Gasteiger partial charge is 0.482 e. The SMILES string of the molecule is NCC(Oc1cccc2cccnc12)c1ccccc1F. The number of rotatable bonds is 4. The Bertz CT molecular complexity index is 755. The first kappa shape index (κ1) is 13.5. The van der Waals surface area contributed by atoms with Gasteiger partial charge < -0.3 is 10.5 Å². The van der Waals surface area contributed by atoms with Gasteiger partial charge in [0.05, 0.1) is 0 Å². The van der Waals surface area contributed by atoms with E-state index in [9.17, 15) is 4.39 Å². The van der Waals surface area contributed by atoms with E-state index in [2.05, 4.69) is 4.98 Å². The zero-order valence-corrected chi connectivity index (χ0v) is 11.4. The summed E-state index contributed by atoms with van der Waals surface area (Å²) >= 11 is 0. The van der Waals surface area contributed by atoms with Gasteiger partial charge in [0.1, 0.15) is 23.2 Å². The molecular weight excluding hydrogens is 267 g/mol. The molecule has 3 rings (SSSR count). The van der Waals surface area contributed by atoms with Gasteiger partial charge in [0.15, 0.2) is 0 Å². The van der Waals surface area contributed by atoms with Crippen molar-refractivity contribution >= 4 is 10.9 Å². The summed E-state index contributed by atoms with van der Waals surface area (Å²) in [6, 6.07) is 16.0. The van der Waals surface area contributed by atoms with Crippen molar-refractivity contribution in [2.24, 2.45) is 5.73 Å². The van der Waals surface area contributed by atoms with Crippen LogP contribution in [0.2, 0.25) is 0 Å². The van der Waals surface area contributed by atoms with Crippen LogP contribution in [0.3, 0.4) is 0 Å². The standard InChI is InChI=1S/C17H15FN2O/c18-14-8-2-1-7-13(14)16(11-19)21-15-9-3-5-12-6-4-10-20-17(12)15/h1-10,16H,11,19H2. The topological polar surface area (TPSA) is 48.1 Å². The number of nitrogens with zero attached hydrogens (tertiary/aromatic N) is 1. The van der Waals surface area contributed by atoms with Crippen LogP contribution in [0.4, 0.5) is 4.39 Å². The summed E-state index contributed by atoms with van der Waals surface area (Å²) in [7, 11) is 0. The molecule has 0 aliphatic rings. The second-order valence-corrected chi connectivity index (χ2v) is 4.69. The van der Waals surface area contributed by atoms with Crippen molar-refractivity contribution in [3.8, 4) is 5.75 Å². The van der Waals surface area contributed by atoms with Crippen molar-refractivity contribution in [1.82, 2.24) is 4.98 Å². The van der Waals surface area contributed by atoms with E-state index in [1.807, 2.05) is 30.3 Å². The molecule has 106 valence electrons. The third-order valence-electron chi connectivity index (χ3n) is 3.33. The quantitative estimate of drug-likeness (QED) is 0.797. The highest BCUT2D eigenvalue weighted by Gasteiger charge is 2.17. The van der Waals surface area contributed by atoms with Crippen LogP contribution in [0.5, 0.6) is 5.75 Å². The molecule has 21 heavy (non-hydrogen) atoms. The number of pyridine rings is 1. The zero-order valence-electron chi connectivity index (χ0n) is 11.4. The first-order chi connectivity index (χ1) is 10.3. The van der Waals surface area contributed by atoms with Gasteiger partial charge in [-0.05, 0) is 18.2 Å². The highest BCUT2D eigenvalue weighted by atomic mass is 19.1. The average molecular weight is 282 g/mol. The average Bonchev–Trinajstić information content (AvgIpc) is 2.53. The second-order valence-electron chi connectivity index (χ2n) is 4.69. The normalized spacial score (nSPS) is 12.3. The van der Waals surface area contributed by atoms with E-state index >= 15 is 0 Å². The first-order valence-electron chi connectivity index (χ1n) is 6.74. The Morgan fingerprint density at radius 3 is 2.67 bits per heavy atom. The summed E-state index contributed by atoms with van der Waals surface area (Å²) in [4.78, 5) is 4.33. The summed E-state index contributed by atoms with van der Waals surface area (Å²) in [5.41, 5.74) is 6.95. The lowest BCUT2D eigenvalue weighted by atomic mass is 10.1. The molecule has 3 nitrogen and oxygen atoms in total. The molecule has 0 aliphatic heterocycles. The number of hydrogen-bond donors (Lipinski definition) is 1. The van der Waals surface area contributed by atoms with Crippen LogP contribution in [-0.2, 0) is 0 Å². The Kier molecular flexibility index (Phi) is 3.79. The molecule has 2 N–H and O–H groups in total. The Morgan fingerprint density at radius 2 is 1.86 bits per heavy atom. The van der Waals surface area contributed by atoms with Crippen LogP contribution in [0.25, 0.3) is 10.9 Å². The van der Waals surface area contributed by atoms with Crippen molar-refractivity contribution in [2.45, 2.75) is 6.10 Å². The fourth-order valence-corrected chi connectivity index (χ4v) is 2.30. The van der Waals surface area contributed by atoms with Crippen molar-refractivity contribution in [2.75, 3.05) is 6.54 Å². The van der Waals surface area contributed by atoms with Gasteiger partial charge in [-0.2, -0.15) is 0 Å². The maximum Gasteiger partial charge on any atom is 0.146 e. The maximum absolute atomic E-state index is 13.9. The molecule has 0 spiro atoms. The van der Waals surface area contributed by atoms with Gasteiger partial charge >= 0.3 is 0 Å². The van der Waals surface area contributed by atoms with Gasteiger partial charge in [0.2, 0.25) is 0 Å². The highest BCUT2D eigenvalue weighted by molar-refractivity contribution is 5.84. The molecule has 2 aromatic carbocycles. The molecule has 0 saturated carbocycles. The number of nitrogens with two attached hydrogens (primary N) is 1. The van der Waals surface area contributed by atoms with Gasteiger partial charge in [-0.1, -0.05) is 36.4 Å². The lowest BCUT2D eigenvalue weighted by Crippen LogP contribution is -2.19. The maximum atomic E-state index is 13.9. The third-order valence-corrected chi connectivity index (χ3v) is 3.33. The Balaban J connectivity index is 1.98. The molecule has 1 unspecified atom stereocenters. The fraction of sp³-hybridized carbons (Fsp3) is 0.118. The third kappa shape index (κ3) is 2.71. The van der Waals surface area contributed by atoms with Crippen LogP contribution in [0.15, 0.2) is 60.8 Å². The molecule has 0 fully saturated rings.